The zero-order chi connectivity index (χ0) is 17.2. The van der Waals surface area contributed by atoms with Crippen molar-refractivity contribution in [3.63, 3.8) is 0 Å². The summed E-state index contributed by atoms with van der Waals surface area (Å²) < 4.78 is 1.06. The lowest BCUT2D eigenvalue weighted by Crippen LogP contribution is -2.21. The SMILES string of the molecule is CCCCCCCCCCCCCCCC(=S)SC(N)CCN.Cl.Cl. The monoisotopic (exact) mass is 432 g/mol. The molecule has 0 saturated heterocycles. The molecule has 0 saturated carbocycles. The second kappa shape index (κ2) is 24.9. The van der Waals surface area contributed by atoms with E-state index in [1.54, 1.807) is 11.8 Å². The lowest BCUT2D eigenvalue weighted by molar-refractivity contribution is 0.541. The molecule has 0 radical (unpaired) electrons. The topological polar surface area (TPSA) is 52.0 Å². The van der Waals surface area contributed by atoms with Gasteiger partial charge in [-0.05, 0) is 25.8 Å². The normalized spacial score (nSPS) is 11.5. The summed E-state index contributed by atoms with van der Waals surface area (Å²) in [4.78, 5) is 0. The van der Waals surface area contributed by atoms with Crippen LogP contribution in [0.15, 0.2) is 0 Å². The minimum absolute atomic E-state index is 0. The number of unbranched alkanes of at least 4 members (excludes halogenated alkanes) is 12. The lowest BCUT2D eigenvalue weighted by Gasteiger charge is -2.10. The van der Waals surface area contributed by atoms with E-state index in [4.69, 9.17) is 23.7 Å². The smallest absolute Gasteiger partial charge is 0.0571 e. The molecule has 0 spiro atoms. The summed E-state index contributed by atoms with van der Waals surface area (Å²) in [5, 5.41) is 0.0921. The van der Waals surface area contributed by atoms with Gasteiger partial charge in [-0.25, -0.2) is 0 Å². The van der Waals surface area contributed by atoms with Crippen LogP contribution in [0.3, 0.4) is 0 Å². The average Bonchev–Trinajstić information content (AvgIpc) is 2.52. The van der Waals surface area contributed by atoms with Crippen LogP contribution in [0.5, 0.6) is 0 Å². The average molecular weight is 434 g/mol. The Morgan fingerprint density at radius 2 is 1.20 bits per heavy atom. The molecule has 0 rings (SSSR count). The van der Waals surface area contributed by atoms with Crippen molar-refractivity contribution in [3.8, 4) is 0 Å². The Morgan fingerprint density at radius 3 is 1.60 bits per heavy atom. The van der Waals surface area contributed by atoms with Gasteiger partial charge in [0.25, 0.3) is 0 Å². The van der Waals surface area contributed by atoms with Gasteiger partial charge in [-0.2, -0.15) is 0 Å². The van der Waals surface area contributed by atoms with Crippen molar-refractivity contribution >= 4 is 53.0 Å². The summed E-state index contributed by atoms with van der Waals surface area (Å²) in [5.74, 6) is 0. The maximum atomic E-state index is 5.92. The van der Waals surface area contributed by atoms with Crippen LogP contribution in [-0.2, 0) is 0 Å². The molecular formula is C19H42Cl2N2S2. The molecule has 0 bridgehead atoms. The van der Waals surface area contributed by atoms with Gasteiger partial charge in [0, 0.05) is 4.20 Å². The number of thioether (sulfide) groups is 1. The van der Waals surface area contributed by atoms with Crippen LogP contribution in [0, 0.1) is 0 Å². The van der Waals surface area contributed by atoms with E-state index in [0.717, 1.165) is 17.0 Å². The zero-order valence-electron chi connectivity index (χ0n) is 16.2. The van der Waals surface area contributed by atoms with E-state index in [1.165, 1.54) is 83.5 Å². The van der Waals surface area contributed by atoms with Gasteiger partial charge in [-0.1, -0.05) is 96.2 Å². The Kier molecular flexibility index (Phi) is 30.6. The van der Waals surface area contributed by atoms with Crippen LogP contribution in [-0.4, -0.2) is 16.1 Å². The summed E-state index contributed by atoms with van der Waals surface area (Å²) >= 11 is 7.01. The zero-order valence-corrected chi connectivity index (χ0v) is 19.4. The van der Waals surface area contributed by atoms with E-state index in [2.05, 4.69) is 6.92 Å². The van der Waals surface area contributed by atoms with Gasteiger partial charge in [0.15, 0.2) is 0 Å². The lowest BCUT2D eigenvalue weighted by atomic mass is 10.0. The van der Waals surface area contributed by atoms with E-state index in [1.807, 2.05) is 0 Å². The third-order valence-electron chi connectivity index (χ3n) is 4.22. The van der Waals surface area contributed by atoms with Crippen molar-refractivity contribution in [1.82, 2.24) is 0 Å². The van der Waals surface area contributed by atoms with Crippen molar-refractivity contribution in [3.05, 3.63) is 0 Å². The van der Waals surface area contributed by atoms with Gasteiger partial charge >= 0.3 is 0 Å². The Morgan fingerprint density at radius 1 is 0.800 bits per heavy atom. The van der Waals surface area contributed by atoms with Crippen LogP contribution in [0.2, 0.25) is 0 Å². The van der Waals surface area contributed by atoms with Crippen molar-refractivity contribution < 1.29 is 0 Å². The molecule has 0 fully saturated rings. The number of rotatable bonds is 17. The fourth-order valence-electron chi connectivity index (χ4n) is 2.74. The van der Waals surface area contributed by atoms with Crippen molar-refractivity contribution in [2.24, 2.45) is 11.5 Å². The molecule has 0 amide bonds. The predicted molar refractivity (Wildman–Crippen MR) is 127 cm³/mol. The van der Waals surface area contributed by atoms with Crippen molar-refractivity contribution in [1.29, 1.82) is 0 Å². The summed E-state index contributed by atoms with van der Waals surface area (Å²) in [5.41, 5.74) is 11.4. The van der Waals surface area contributed by atoms with Gasteiger partial charge < -0.3 is 11.5 Å². The molecule has 1 unspecified atom stereocenters. The highest BCUT2D eigenvalue weighted by Gasteiger charge is 2.05. The van der Waals surface area contributed by atoms with Crippen LogP contribution in [0.25, 0.3) is 0 Å². The highest BCUT2D eigenvalue weighted by Crippen LogP contribution is 2.18. The predicted octanol–water partition coefficient (Wildman–Crippen LogP) is 7.01. The molecule has 0 aliphatic heterocycles. The fourth-order valence-corrected chi connectivity index (χ4v) is 4.11. The Labute approximate surface area is 179 Å². The number of halogens is 2. The minimum atomic E-state index is 0. The van der Waals surface area contributed by atoms with E-state index < -0.39 is 0 Å². The third-order valence-corrected chi connectivity index (χ3v) is 5.72. The largest absolute Gasteiger partial charge is 0.330 e. The van der Waals surface area contributed by atoms with E-state index in [9.17, 15) is 0 Å². The van der Waals surface area contributed by atoms with Gasteiger partial charge in [-0.3, -0.25) is 0 Å². The summed E-state index contributed by atoms with van der Waals surface area (Å²) in [6.07, 6.45) is 20.0. The number of thiocarbonyl (C=S) groups is 1. The van der Waals surface area contributed by atoms with Crippen molar-refractivity contribution in [2.45, 2.75) is 109 Å². The molecule has 0 aromatic rings. The Hall–Kier alpha value is 0.940. The molecule has 0 aliphatic carbocycles. The van der Waals surface area contributed by atoms with Gasteiger partial charge in [0.2, 0.25) is 0 Å². The number of hydrogen-bond donors (Lipinski definition) is 2. The third kappa shape index (κ3) is 24.9. The summed E-state index contributed by atoms with van der Waals surface area (Å²) in [6.45, 7) is 2.93. The first kappa shape index (κ1) is 30.7. The van der Waals surface area contributed by atoms with Gasteiger partial charge in [-0.15, -0.1) is 36.6 Å². The second-order valence-corrected chi connectivity index (χ2v) is 8.68. The number of nitrogens with two attached hydrogens (primary N) is 2. The molecule has 25 heavy (non-hydrogen) atoms. The Balaban J connectivity index is -0.00000242. The van der Waals surface area contributed by atoms with E-state index in [-0.39, 0.29) is 30.2 Å². The van der Waals surface area contributed by atoms with E-state index in [0.29, 0.717) is 6.54 Å². The molecule has 1 atom stereocenters. The van der Waals surface area contributed by atoms with Crippen LogP contribution in [0.1, 0.15) is 103 Å². The maximum absolute atomic E-state index is 5.92. The maximum Gasteiger partial charge on any atom is 0.0571 e. The Bertz CT molecular complexity index is 270. The van der Waals surface area contributed by atoms with E-state index >= 15 is 0 Å². The summed E-state index contributed by atoms with van der Waals surface area (Å²) in [6, 6.07) is 0. The number of hydrogen-bond acceptors (Lipinski definition) is 4. The van der Waals surface area contributed by atoms with Crippen LogP contribution < -0.4 is 11.5 Å². The first-order valence-corrected chi connectivity index (χ1v) is 11.1. The highest BCUT2D eigenvalue weighted by molar-refractivity contribution is 8.23. The van der Waals surface area contributed by atoms with Gasteiger partial charge in [0.1, 0.15) is 0 Å². The molecule has 0 heterocycles. The minimum Gasteiger partial charge on any atom is -0.330 e. The molecule has 6 heteroatoms. The molecular weight excluding hydrogens is 391 g/mol. The highest BCUT2D eigenvalue weighted by atomic mass is 35.5. The first-order valence-electron chi connectivity index (χ1n) is 9.85. The van der Waals surface area contributed by atoms with Crippen molar-refractivity contribution in [2.75, 3.05) is 6.54 Å². The van der Waals surface area contributed by atoms with Crippen LogP contribution >= 0.6 is 48.8 Å². The molecule has 154 valence electrons. The van der Waals surface area contributed by atoms with Crippen LogP contribution in [0.4, 0.5) is 0 Å². The molecule has 0 aromatic heterocycles. The summed E-state index contributed by atoms with van der Waals surface area (Å²) in [7, 11) is 0. The first-order chi connectivity index (χ1) is 11.2. The fraction of sp³-hybridized carbons (Fsp3) is 0.947. The molecule has 0 aliphatic rings. The quantitative estimate of drug-likeness (QED) is 0.147. The van der Waals surface area contributed by atoms with Gasteiger partial charge in [0.05, 0.1) is 5.37 Å². The second-order valence-electron chi connectivity index (χ2n) is 6.60. The molecule has 4 N–H and O–H groups in total. The molecule has 0 aromatic carbocycles. The molecule has 2 nitrogen and oxygen atoms in total. The standard InChI is InChI=1S/C19H40N2S2.2ClH/c1-2-3-4-5-6-7-8-9-10-11-12-13-14-15-19(22)23-18(21)16-17-20;;/h18H,2-17,20-21H2,1H3;2*1H.